The van der Waals surface area contributed by atoms with E-state index in [4.69, 9.17) is 0 Å². The Kier molecular flexibility index (Phi) is 6.73. The van der Waals surface area contributed by atoms with Gasteiger partial charge in [0.2, 0.25) is 5.91 Å². The first-order chi connectivity index (χ1) is 15.2. The first-order valence-electron chi connectivity index (χ1n) is 9.70. The minimum Gasteiger partial charge on any atom is -0.344 e. The number of thioether (sulfide) groups is 1. The Bertz CT molecular complexity index is 1130. The van der Waals surface area contributed by atoms with Gasteiger partial charge in [-0.05, 0) is 48.2 Å². The molecule has 0 aliphatic carbocycles. The zero-order valence-electron chi connectivity index (χ0n) is 16.7. The number of aromatic nitrogens is 4. The molecule has 3 aromatic heterocycles. The lowest BCUT2D eigenvalue weighted by molar-refractivity contribution is -0.119. The number of amides is 1. The van der Waals surface area contributed by atoms with Crippen LogP contribution in [0, 0.1) is 5.82 Å². The summed E-state index contributed by atoms with van der Waals surface area (Å²) >= 11 is 2.88. The van der Waals surface area contributed by atoms with E-state index in [1.807, 2.05) is 41.1 Å². The van der Waals surface area contributed by atoms with Gasteiger partial charge in [-0.3, -0.25) is 9.78 Å². The number of rotatable bonds is 8. The Morgan fingerprint density at radius 2 is 1.94 bits per heavy atom. The van der Waals surface area contributed by atoms with Gasteiger partial charge in [0.1, 0.15) is 5.82 Å². The predicted octanol–water partition coefficient (Wildman–Crippen LogP) is 4.56. The first-order valence-corrected chi connectivity index (χ1v) is 11.6. The number of hydrogen-bond acceptors (Lipinski definition) is 6. The normalized spacial score (nSPS) is 11.9. The number of carbonyl (C=O) groups is 1. The average molecular weight is 454 g/mol. The van der Waals surface area contributed by atoms with Crippen LogP contribution in [0.15, 0.2) is 71.5 Å². The lowest BCUT2D eigenvalue weighted by Crippen LogP contribution is -2.30. The quantitative estimate of drug-likeness (QED) is 0.396. The van der Waals surface area contributed by atoms with Gasteiger partial charge in [-0.1, -0.05) is 30.0 Å². The summed E-state index contributed by atoms with van der Waals surface area (Å²) in [4.78, 5) is 17.8. The highest BCUT2D eigenvalue weighted by Gasteiger charge is 2.20. The molecule has 6 nitrogen and oxygen atoms in total. The molecule has 158 valence electrons. The lowest BCUT2D eigenvalue weighted by Gasteiger charge is -2.18. The molecule has 1 N–H and O–H groups in total. The maximum atomic E-state index is 13.4. The summed E-state index contributed by atoms with van der Waals surface area (Å²) in [5.74, 6) is 0.497. The van der Waals surface area contributed by atoms with Crippen LogP contribution in [0.1, 0.15) is 23.4 Å². The third-order valence-corrected chi connectivity index (χ3v) is 6.54. The zero-order valence-corrected chi connectivity index (χ0v) is 18.4. The number of nitrogens with one attached hydrogen (secondary N) is 1. The van der Waals surface area contributed by atoms with Crippen LogP contribution in [0.25, 0.3) is 11.4 Å². The van der Waals surface area contributed by atoms with E-state index in [1.54, 1.807) is 35.9 Å². The number of hydrogen-bond donors (Lipinski definition) is 1. The summed E-state index contributed by atoms with van der Waals surface area (Å²) < 4.78 is 15.3. The largest absolute Gasteiger partial charge is 0.344 e. The van der Waals surface area contributed by atoms with Gasteiger partial charge in [0, 0.05) is 29.4 Å². The van der Waals surface area contributed by atoms with E-state index in [0.29, 0.717) is 11.7 Å². The van der Waals surface area contributed by atoms with Crippen molar-refractivity contribution >= 4 is 29.0 Å². The predicted molar refractivity (Wildman–Crippen MR) is 120 cm³/mol. The van der Waals surface area contributed by atoms with Crippen LogP contribution in [-0.2, 0) is 11.3 Å². The molecule has 4 rings (SSSR count). The molecule has 0 spiro atoms. The molecule has 0 bridgehead atoms. The summed E-state index contributed by atoms with van der Waals surface area (Å²) in [6, 6.07) is 13.5. The van der Waals surface area contributed by atoms with E-state index >= 15 is 0 Å². The molecule has 1 unspecified atom stereocenters. The fraction of sp³-hybridized carbons (Fsp3) is 0.182. The maximum Gasteiger partial charge on any atom is 0.231 e. The molecule has 9 heteroatoms. The number of nitrogens with zero attached hydrogens (tertiary/aromatic N) is 4. The van der Waals surface area contributed by atoms with Crippen molar-refractivity contribution in [2.24, 2.45) is 0 Å². The summed E-state index contributed by atoms with van der Waals surface area (Å²) in [6.45, 7) is 2.70. The van der Waals surface area contributed by atoms with Crippen LogP contribution in [0.2, 0.25) is 0 Å². The van der Waals surface area contributed by atoms with Crippen molar-refractivity contribution in [3.05, 3.63) is 82.6 Å². The highest BCUT2D eigenvalue weighted by molar-refractivity contribution is 7.99. The van der Waals surface area contributed by atoms with Crippen molar-refractivity contribution in [2.45, 2.75) is 24.7 Å². The van der Waals surface area contributed by atoms with Crippen molar-refractivity contribution in [1.82, 2.24) is 25.1 Å². The zero-order chi connectivity index (χ0) is 21.6. The van der Waals surface area contributed by atoms with E-state index in [2.05, 4.69) is 20.5 Å². The van der Waals surface area contributed by atoms with Gasteiger partial charge in [-0.2, -0.15) is 0 Å². The van der Waals surface area contributed by atoms with Gasteiger partial charge in [-0.25, -0.2) is 4.39 Å². The molecular formula is C22H20FN5OS2. The van der Waals surface area contributed by atoms with Gasteiger partial charge in [0.25, 0.3) is 0 Å². The van der Waals surface area contributed by atoms with Crippen molar-refractivity contribution in [2.75, 3.05) is 5.75 Å². The number of halogens is 1. The molecule has 0 aliphatic rings. The maximum absolute atomic E-state index is 13.4. The third kappa shape index (κ3) is 5.00. The van der Waals surface area contributed by atoms with Gasteiger partial charge in [0.15, 0.2) is 11.0 Å². The second-order valence-electron chi connectivity index (χ2n) is 6.64. The number of benzene rings is 1. The van der Waals surface area contributed by atoms with Crippen LogP contribution >= 0.6 is 23.1 Å². The summed E-state index contributed by atoms with van der Waals surface area (Å²) in [5.41, 5.74) is 1.76. The van der Waals surface area contributed by atoms with Gasteiger partial charge in [0.05, 0.1) is 11.8 Å². The smallest absolute Gasteiger partial charge is 0.231 e. The molecule has 1 atom stereocenters. The fourth-order valence-electron chi connectivity index (χ4n) is 3.16. The average Bonchev–Trinajstić information content (AvgIpc) is 3.47. The SMILES string of the molecule is CCn1c(SCC(=O)NC(c2ccc(F)cc2)c2cccs2)nnc1-c1ccncc1. The Labute approximate surface area is 187 Å². The van der Waals surface area contributed by atoms with Crippen molar-refractivity contribution in [1.29, 1.82) is 0 Å². The van der Waals surface area contributed by atoms with Gasteiger partial charge >= 0.3 is 0 Å². The number of carbonyl (C=O) groups excluding carboxylic acids is 1. The van der Waals surface area contributed by atoms with Crippen LogP contribution in [0.4, 0.5) is 4.39 Å². The van der Waals surface area contributed by atoms with Crippen LogP contribution in [-0.4, -0.2) is 31.4 Å². The highest BCUT2D eigenvalue weighted by atomic mass is 32.2. The van der Waals surface area contributed by atoms with Crippen molar-refractivity contribution in [3.63, 3.8) is 0 Å². The molecule has 1 aromatic carbocycles. The molecule has 0 saturated carbocycles. The summed E-state index contributed by atoms with van der Waals surface area (Å²) in [6.07, 6.45) is 3.43. The summed E-state index contributed by atoms with van der Waals surface area (Å²) in [5, 5.41) is 14.3. The molecule has 0 aliphatic heterocycles. The molecule has 3 heterocycles. The van der Waals surface area contributed by atoms with Gasteiger partial charge < -0.3 is 9.88 Å². The van der Waals surface area contributed by atoms with Crippen molar-refractivity contribution < 1.29 is 9.18 Å². The standard InChI is InChI=1S/C22H20FN5OS2/c1-2-28-21(16-9-11-24-12-10-16)26-27-22(28)31-14-19(29)25-20(18-4-3-13-30-18)15-5-7-17(23)8-6-15/h3-13,20H,2,14H2,1H3,(H,25,29). The van der Waals surface area contributed by atoms with Crippen molar-refractivity contribution in [3.8, 4) is 11.4 Å². The molecule has 31 heavy (non-hydrogen) atoms. The topological polar surface area (TPSA) is 72.7 Å². The van der Waals surface area contributed by atoms with Crippen LogP contribution in [0.3, 0.4) is 0 Å². The van der Waals surface area contributed by atoms with Gasteiger partial charge in [-0.15, -0.1) is 21.5 Å². The number of pyridine rings is 1. The monoisotopic (exact) mass is 453 g/mol. The van der Waals surface area contributed by atoms with E-state index in [1.165, 1.54) is 23.9 Å². The summed E-state index contributed by atoms with van der Waals surface area (Å²) in [7, 11) is 0. The second-order valence-corrected chi connectivity index (χ2v) is 8.56. The lowest BCUT2D eigenvalue weighted by atomic mass is 10.1. The first kappa shape index (κ1) is 21.2. The van der Waals surface area contributed by atoms with E-state index in [0.717, 1.165) is 21.8 Å². The highest BCUT2D eigenvalue weighted by Crippen LogP contribution is 2.27. The molecule has 1 amide bonds. The minimum atomic E-state index is -0.329. The molecule has 0 fully saturated rings. The van der Waals surface area contributed by atoms with E-state index in [9.17, 15) is 9.18 Å². The molecule has 0 radical (unpaired) electrons. The molecule has 4 aromatic rings. The Hall–Kier alpha value is -3.04. The molecule has 0 saturated heterocycles. The fourth-order valence-corrected chi connectivity index (χ4v) is 4.77. The minimum absolute atomic E-state index is 0.135. The Morgan fingerprint density at radius 3 is 2.61 bits per heavy atom. The Balaban J connectivity index is 1.47. The molecular weight excluding hydrogens is 433 g/mol. The second kappa shape index (κ2) is 9.84. The third-order valence-electron chi connectivity index (χ3n) is 4.64. The number of thiophene rings is 1. The van der Waals surface area contributed by atoms with E-state index < -0.39 is 0 Å². The Morgan fingerprint density at radius 1 is 1.16 bits per heavy atom. The van der Waals surface area contributed by atoms with E-state index in [-0.39, 0.29) is 23.5 Å². The van der Waals surface area contributed by atoms with Crippen LogP contribution in [0.5, 0.6) is 0 Å². The van der Waals surface area contributed by atoms with Crippen LogP contribution < -0.4 is 5.32 Å².